The monoisotopic (exact) mass is 363 g/mol. The minimum absolute atomic E-state index is 0.00768. The SMILES string of the molecule is O=C(NO)c1ccc2c(c1)CC(CS(=O)(=O)c1cccc(F)c1)CC2. The summed E-state index contributed by atoms with van der Waals surface area (Å²) in [7, 11) is -3.58. The van der Waals surface area contributed by atoms with E-state index in [-0.39, 0.29) is 16.6 Å². The van der Waals surface area contributed by atoms with Crippen LogP contribution in [0.5, 0.6) is 0 Å². The van der Waals surface area contributed by atoms with E-state index < -0.39 is 21.6 Å². The first-order valence-electron chi connectivity index (χ1n) is 7.93. The summed E-state index contributed by atoms with van der Waals surface area (Å²) in [6, 6.07) is 10.2. The van der Waals surface area contributed by atoms with Crippen molar-refractivity contribution in [3.63, 3.8) is 0 Å². The van der Waals surface area contributed by atoms with E-state index in [1.807, 2.05) is 6.07 Å². The number of nitrogens with one attached hydrogen (secondary N) is 1. The van der Waals surface area contributed by atoms with Crippen molar-refractivity contribution in [3.05, 3.63) is 65.0 Å². The Hall–Kier alpha value is -2.25. The zero-order valence-corrected chi connectivity index (χ0v) is 14.2. The molecule has 1 amide bonds. The molecule has 1 atom stereocenters. The molecule has 2 aromatic rings. The fraction of sp³-hybridized carbons (Fsp3) is 0.278. The standard InChI is InChI=1S/C18H18FNO4S/c19-16-2-1-3-17(10-16)25(23,24)11-12-4-5-13-6-7-14(18(21)20-22)9-15(13)8-12/h1-3,6-7,9-10,12,22H,4-5,8,11H2,(H,20,21). The number of carbonyl (C=O) groups is 1. The fourth-order valence-electron chi connectivity index (χ4n) is 3.25. The highest BCUT2D eigenvalue weighted by Crippen LogP contribution is 2.29. The first-order valence-corrected chi connectivity index (χ1v) is 9.59. The van der Waals surface area contributed by atoms with Crippen LogP contribution in [0.15, 0.2) is 47.4 Å². The van der Waals surface area contributed by atoms with E-state index in [1.165, 1.54) is 18.2 Å². The molecule has 7 heteroatoms. The molecule has 0 radical (unpaired) electrons. The second-order valence-electron chi connectivity index (χ2n) is 6.27. The second kappa shape index (κ2) is 6.93. The molecule has 1 unspecified atom stereocenters. The van der Waals surface area contributed by atoms with Gasteiger partial charge in [0.15, 0.2) is 9.84 Å². The first kappa shape index (κ1) is 17.6. The van der Waals surface area contributed by atoms with Gasteiger partial charge in [0.25, 0.3) is 5.91 Å². The van der Waals surface area contributed by atoms with Crippen molar-refractivity contribution in [2.75, 3.05) is 5.75 Å². The summed E-state index contributed by atoms with van der Waals surface area (Å²) >= 11 is 0. The van der Waals surface area contributed by atoms with Crippen LogP contribution in [0.1, 0.15) is 27.9 Å². The Kier molecular flexibility index (Phi) is 4.87. The number of benzene rings is 2. The van der Waals surface area contributed by atoms with Gasteiger partial charge in [0, 0.05) is 5.56 Å². The third kappa shape index (κ3) is 3.88. The van der Waals surface area contributed by atoms with Crippen molar-refractivity contribution in [2.45, 2.75) is 24.2 Å². The Labute approximate surface area is 145 Å². The fourth-order valence-corrected chi connectivity index (χ4v) is 4.92. The highest BCUT2D eigenvalue weighted by Gasteiger charge is 2.26. The van der Waals surface area contributed by atoms with E-state index in [4.69, 9.17) is 5.21 Å². The maximum Gasteiger partial charge on any atom is 0.274 e. The number of amides is 1. The minimum atomic E-state index is -3.58. The van der Waals surface area contributed by atoms with E-state index in [0.717, 1.165) is 23.6 Å². The number of hydrogen-bond acceptors (Lipinski definition) is 4. The number of hydroxylamine groups is 1. The zero-order valence-electron chi connectivity index (χ0n) is 13.4. The average molecular weight is 363 g/mol. The predicted octanol–water partition coefficient (Wildman–Crippen LogP) is 2.52. The summed E-state index contributed by atoms with van der Waals surface area (Å²) in [5.74, 6) is -1.34. The molecule has 0 bridgehead atoms. The van der Waals surface area contributed by atoms with Gasteiger partial charge in [-0.05, 0) is 66.6 Å². The second-order valence-corrected chi connectivity index (χ2v) is 8.31. The third-order valence-electron chi connectivity index (χ3n) is 4.51. The largest absolute Gasteiger partial charge is 0.288 e. The highest BCUT2D eigenvalue weighted by atomic mass is 32.2. The van der Waals surface area contributed by atoms with Crippen LogP contribution < -0.4 is 5.48 Å². The minimum Gasteiger partial charge on any atom is -0.288 e. The van der Waals surface area contributed by atoms with Gasteiger partial charge < -0.3 is 0 Å². The molecule has 1 aliphatic rings. The van der Waals surface area contributed by atoms with Crippen LogP contribution in [0, 0.1) is 11.7 Å². The van der Waals surface area contributed by atoms with Crippen molar-refractivity contribution in [1.82, 2.24) is 5.48 Å². The molecule has 0 fully saturated rings. The number of halogens is 1. The lowest BCUT2D eigenvalue weighted by Crippen LogP contribution is -2.24. The van der Waals surface area contributed by atoms with Crippen LogP contribution in [0.25, 0.3) is 0 Å². The van der Waals surface area contributed by atoms with Gasteiger partial charge >= 0.3 is 0 Å². The van der Waals surface area contributed by atoms with Gasteiger partial charge in [-0.15, -0.1) is 0 Å². The molecule has 2 aromatic carbocycles. The molecule has 1 aliphatic carbocycles. The van der Waals surface area contributed by atoms with Crippen LogP contribution in [0.2, 0.25) is 0 Å². The normalized spacial score (nSPS) is 17.0. The Balaban J connectivity index is 1.79. The number of aryl methyl sites for hydroxylation is 1. The molecule has 0 heterocycles. The molecule has 2 N–H and O–H groups in total. The molecule has 0 aliphatic heterocycles. The summed E-state index contributed by atoms with van der Waals surface area (Å²) in [4.78, 5) is 11.5. The Morgan fingerprint density at radius 3 is 2.72 bits per heavy atom. The summed E-state index contributed by atoms with van der Waals surface area (Å²) in [5, 5.41) is 8.74. The van der Waals surface area contributed by atoms with E-state index in [0.29, 0.717) is 18.4 Å². The van der Waals surface area contributed by atoms with Gasteiger partial charge in [0.05, 0.1) is 10.6 Å². The number of carbonyl (C=O) groups excluding carboxylic acids is 1. The van der Waals surface area contributed by atoms with Crippen LogP contribution in [-0.4, -0.2) is 25.3 Å². The van der Waals surface area contributed by atoms with Crippen molar-refractivity contribution in [1.29, 1.82) is 0 Å². The van der Waals surface area contributed by atoms with Gasteiger partial charge in [-0.25, -0.2) is 18.3 Å². The Bertz CT molecular complexity index is 911. The van der Waals surface area contributed by atoms with Crippen molar-refractivity contribution in [2.24, 2.45) is 5.92 Å². The van der Waals surface area contributed by atoms with Gasteiger partial charge in [0.1, 0.15) is 5.82 Å². The molecule has 25 heavy (non-hydrogen) atoms. The number of fused-ring (bicyclic) bond motifs is 1. The summed E-state index contributed by atoms with van der Waals surface area (Å²) in [5.41, 5.74) is 3.91. The lowest BCUT2D eigenvalue weighted by Gasteiger charge is -2.25. The van der Waals surface area contributed by atoms with E-state index in [1.54, 1.807) is 17.6 Å². The van der Waals surface area contributed by atoms with Crippen molar-refractivity contribution >= 4 is 15.7 Å². The predicted molar refractivity (Wildman–Crippen MR) is 89.7 cm³/mol. The number of rotatable bonds is 4. The van der Waals surface area contributed by atoms with Crippen molar-refractivity contribution < 1.29 is 22.8 Å². The quantitative estimate of drug-likeness (QED) is 0.646. The molecular formula is C18H18FNO4S. The van der Waals surface area contributed by atoms with Crippen LogP contribution >= 0.6 is 0 Å². The number of sulfone groups is 1. The highest BCUT2D eigenvalue weighted by molar-refractivity contribution is 7.91. The lowest BCUT2D eigenvalue weighted by molar-refractivity contribution is 0.0706. The summed E-state index contributed by atoms with van der Waals surface area (Å²) in [6.07, 6.45) is 1.96. The van der Waals surface area contributed by atoms with Crippen molar-refractivity contribution in [3.8, 4) is 0 Å². The smallest absolute Gasteiger partial charge is 0.274 e. The third-order valence-corrected chi connectivity index (χ3v) is 6.39. The van der Waals surface area contributed by atoms with Crippen LogP contribution in [0.3, 0.4) is 0 Å². The van der Waals surface area contributed by atoms with E-state index in [9.17, 15) is 17.6 Å². The lowest BCUT2D eigenvalue weighted by atomic mass is 9.84. The topological polar surface area (TPSA) is 83.5 Å². The van der Waals surface area contributed by atoms with Gasteiger partial charge in [-0.1, -0.05) is 12.1 Å². The van der Waals surface area contributed by atoms with Gasteiger partial charge in [-0.3, -0.25) is 10.0 Å². The molecule has 0 aromatic heterocycles. The molecule has 0 spiro atoms. The first-order chi connectivity index (χ1) is 11.9. The molecule has 3 rings (SSSR count). The van der Waals surface area contributed by atoms with Crippen LogP contribution in [0.4, 0.5) is 4.39 Å². The average Bonchev–Trinajstić information content (AvgIpc) is 2.60. The van der Waals surface area contributed by atoms with E-state index in [2.05, 4.69) is 0 Å². The maximum atomic E-state index is 13.3. The summed E-state index contributed by atoms with van der Waals surface area (Å²) in [6.45, 7) is 0. The van der Waals surface area contributed by atoms with E-state index >= 15 is 0 Å². The molecule has 5 nitrogen and oxygen atoms in total. The zero-order chi connectivity index (χ0) is 18.0. The molecular weight excluding hydrogens is 345 g/mol. The van der Waals surface area contributed by atoms with Gasteiger partial charge in [-0.2, -0.15) is 0 Å². The maximum absolute atomic E-state index is 13.3. The molecule has 0 saturated heterocycles. The summed E-state index contributed by atoms with van der Waals surface area (Å²) < 4.78 is 38.3. The molecule has 0 saturated carbocycles. The molecule has 132 valence electrons. The Morgan fingerprint density at radius 1 is 1.20 bits per heavy atom. The number of hydrogen-bond donors (Lipinski definition) is 2. The van der Waals surface area contributed by atoms with Crippen LogP contribution in [-0.2, 0) is 22.7 Å². The Morgan fingerprint density at radius 2 is 2.00 bits per heavy atom. The van der Waals surface area contributed by atoms with Gasteiger partial charge in [0.2, 0.25) is 0 Å².